The third-order valence-corrected chi connectivity index (χ3v) is 4.77. The minimum atomic E-state index is -0.0174. The van der Waals surface area contributed by atoms with E-state index in [4.69, 9.17) is 4.74 Å². The molecule has 1 heterocycles. The van der Waals surface area contributed by atoms with Crippen LogP contribution in [0.25, 0.3) is 0 Å². The SMILES string of the molecule is COc1cccc(CCNC(=O)c2ccc(C3CCCNC3)cc2)c1. The number of hydrogen-bond donors (Lipinski definition) is 2. The molecule has 2 N–H and O–H groups in total. The molecule has 0 aromatic heterocycles. The molecular weight excluding hydrogens is 312 g/mol. The van der Waals surface area contributed by atoms with Gasteiger partial charge in [0.1, 0.15) is 5.75 Å². The zero-order valence-corrected chi connectivity index (χ0v) is 14.8. The van der Waals surface area contributed by atoms with Crippen molar-refractivity contribution in [3.8, 4) is 5.75 Å². The highest BCUT2D eigenvalue weighted by Gasteiger charge is 2.15. The van der Waals surface area contributed by atoms with E-state index in [-0.39, 0.29) is 5.91 Å². The van der Waals surface area contributed by atoms with Gasteiger partial charge in [-0.05, 0) is 67.1 Å². The number of piperidine rings is 1. The lowest BCUT2D eigenvalue weighted by Gasteiger charge is -2.23. The van der Waals surface area contributed by atoms with Crippen molar-refractivity contribution in [3.63, 3.8) is 0 Å². The van der Waals surface area contributed by atoms with E-state index < -0.39 is 0 Å². The van der Waals surface area contributed by atoms with Crippen LogP contribution in [0.2, 0.25) is 0 Å². The molecule has 1 aliphatic heterocycles. The van der Waals surface area contributed by atoms with E-state index in [9.17, 15) is 4.79 Å². The van der Waals surface area contributed by atoms with Gasteiger partial charge in [-0.15, -0.1) is 0 Å². The maximum absolute atomic E-state index is 12.3. The largest absolute Gasteiger partial charge is 0.497 e. The lowest BCUT2D eigenvalue weighted by molar-refractivity contribution is 0.0954. The number of ether oxygens (including phenoxy) is 1. The molecule has 2 aromatic carbocycles. The Labute approximate surface area is 149 Å². The number of benzene rings is 2. The van der Waals surface area contributed by atoms with Crippen molar-refractivity contribution in [3.05, 3.63) is 65.2 Å². The van der Waals surface area contributed by atoms with Gasteiger partial charge in [-0.1, -0.05) is 24.3 Å². The average Bonchev–Trinajstić information content (AvgIpc) is 2.69. The van der Waals surface area contributed by atoms with E-state index in [1.165, 1.54) is 18.4 Å². The van der Waals surface area contributed by atoms with Gasteiger partial charge in [0.25, 0.3) is 5.91 Å². The Balaban J connectivity index is 1.50. The van der Waals surface area contributed by atoms with Crippen LogP contribution in [0.4, 0.5) is 0 Å². The fourth-order valence-electron chi connectivity index (χ4n) is 3.29. The van der Waals surface area contributed by atoms with Gasteiger partial charge in [-0.2, -0.15) is 0 Å². The Bertz CT molecular complexity index is 691. The lowest BCUT2D eigenvalue weighted by Crippen LogP contribution is -2.28. The quantitative estimate of drug-likeness (QED) is 0.851. The molecule has 0 aliphatic carbocycles. The van der Waals surface area contributed by atoms with Crippen molar-refractivity contribution in [1.29, 1.82) is 0 Å². The molecule has 0 bridgehead atoms. The van der Waals surface area contributed by atoms with E-state index >= 15 is 0 Å². The molecule has 1 fully saturated rings. The number of carbonyl (C=O) groups is 1. The summed E-state index contributed by atoms with van der Waals surface area (Å²) in [4.78, 5) is 12.3. The Hall–Kier alpha value is -2.33. The minimum absolute atomic E-state index is 0.0174. The highest BCUT2D eigenvalue weighted by atomic mass is 16.5. The van der Waals surface area contributed by atoms with Crippen LogP contribution in [-0.2, 0) is 6.42 Å². The maximum Gasteiger partial charge on any atom is 0.251 e. The molecule has 4 heteroatoms. The van der Waals surface area contributed by atoms with Gasteiger partial charge in [0, 0.05) is 18.7 Å². The molecule has 1 amide bonds. The third kappa shape index (κ3) is 4.83. The van der Waals surface area contributed by atoms with Crippen molar-refractivity contribution in [2.24, 2.45) is 0 Å². The van der Waals surface area contributed by atoms with E-state index in [0.717, 1.165) is 36.4 Å². The maximum atomic E-state index is 12.3. The fourth-order valence-corrected chi connectivity index (χ4v) is 3.29. The summed E-state index contributed by atoms with van der Waals surface area (Å²) < 4.78 is 5.22. The van der Waals surface area contributed by atoms with Crippen molar-refractivity contribution < 1.29 is 9.53 Å². The molecule has 1 saturated heterocycles. The first kappa shape index (κ1) is 17.5. The summed E-state index contributed by atoms with van der Waals surface area (Å²) >= 11 is 0. The second kappa shape index (κ2) is 8.67. The summed E-state index contributed by atoms with van der Waals surface area (Å²) in [6, 6.07) is 16.0. The second-order valence-corrected chi connectivity index (χ2v) is 6.52. The first-order valence-electron chi connectivity index (χ1n) is 8.98. The second-order valence-electron chi connectivity index (χ2n) is 6.52. The van der Waals surface area contributed by atoms with Crippen LogP contribution in [-0.4, -0.2) is 32.7 Å². The van der Waals surface area contributed by atoms with Gasteiger partial charge in [0.05, 0.1) is 7.11 Å². The van der Waals surface area contributed by atoms with Gasteiger partial charge in [0.2, 0.25) is 0 Å². The van der Waals surface area contributed by atoms with Crippen LogP contribution in [0, 0.1) is 0 Å². The summed E-state index contributed by atoms with van der Waals surface area (Å²) in [5.41, 5.74) is 3.19. The number of carbonyl (C=O) groups excluding carboxylic acids is 1. The normalized spacial score (nSPS) is 17.1. The lowest BCUT2D eigenvalue weighted by atomic mass is 9.91. The minimum Gasteiger partial charge on any atom is -0.497 e. The van der Waals surface area contributed by atoms with Gasteiger partial charge >= 0.3 is 0 Å². The summed E-state index contributed by atoms with van der Waals surface area (Å²) in [6.45, 7) is 2.76. The van der Waals surface area contributed by atoms with Gasteiger partial charge in [-0.3, -0.25) is 4.79 Å². The number of amides is 1. The monoisotopic (exact) mass is 338 g/mol. The molecule has 1 aliphatic rings. The summed E-state index contributed by atoms with van der Waals surface area (Å²) in [5.74, 6) is 1.40. The van der Waals surface area contributed by atoms with Crippen LogP contribution in [0.1, 0.15) is 40.2 Å². The molecule has 25 heavy (non-hydrogen) atoms. The van der Waals surface area contributed by atoms with Crippen molar-refractivity contribution in [2.75, 3.05) is 26.7 Å². The zero-order valence-electron chi connectivity index (χ0n) is 14.8. The average molecular weight is 338 g/mol. The summed E-state index contributed by atoms with van der Waals surface area (Å²) in [5, 5.41) is 6.43. The molecular formula is C21H26N2O2. The number of rotatable bonds is 6. The number of methoxy groups -OCH3 is 1. The van der Waals surface area contributed by atoms with Crippen LogP contribution in [0.15, 0.2) is 48.5 Å². The Morgan fingerprint density at radius 1 is 1.24 bits per heavy atom. The summed E-state index contributed by atoms with van der Waals surface area (Å²) in [7, 11) is 1.66. The molecule has 0 radical (unpaired) electrons. The Morgan fingerprint density at radius 3 is 2.80 bits per heavy atom. The smallest absolute Gasteiger partial charge is 0.251 e. The van der Waals surface area contributed by atoms with Gasteiger partial charge in [-0.25, -0.2) is 0 Å². The standard InChI is InChI=1S/C21H26N2O2/c1-25-20-6-2-4-16(14-20)11-13-23-21(24)18-9-7-17(8-10-18)19-5-3-12-22-15-19/h2,4,6-10,14,19,22H,3,5,11-13,15H2,1H3,(H,23,24). The molecule has 0 saturated carbocycles. The predicted molar refractivity (Wildman–Crippen MR) is 100 cm³/mol. The van der Waals surface area contributed by atoms with Gasteiger partial charge in [0.15, 0.2) is 0 Å². The Kier molecular flexibility index (Phi) is 6.07. The fraction of sp³-hybridized carbons (Fsp3) is 0.381. The van der Waals surface area contributed by atoms with E-state index in [0.29, 0.717) is 12.5 Å². The van der Waals surface area contributed by atoms with Crippen molar-refractivity contribution in [1.82, 2.24) is 10.6 Å². The first-order chi connectivity index (χ1) is 12.3. The van der Waals surface area contributed by atoms with Crippen LogP contribution >= 0.6 is 0 Å². The molecule has 4 nitrogen and oxygen atoms in total. The number of nitrogens with one attached hydrogen (secondary N) is 2. The Morgan fingerprint density at radius 2 is 2.08 bits per heavy atom. The molecule has 1 unspecified atom stereocenters. The first-order valence-corrected chi connectivity index (χ1v) is 8.98. The molecule has 3 rings (SSSR count). The van der Waals surface area contributed by atoms with Crippen molar-refractivity contribution in [2.45, 2.75) is 25.2 Å². The van der Waals surface area contributed by atoms with Crippen LogP contribution in [0.5, 0.6) is 5.75 Å². The predicted octanol–water partition coefficient (Wildman–Crippen LogP) is 3.13. The molecule has 0 spiro atoms. The van der Waals surface area contributed by atoms with E-state index in [1.807, 2.05) is 36.4 Å². The zero-order chi connectivity index (χ0) is 17.5. The van der Waals surface area contributed by atoms with Crippen LogP contribution < -0.4 is 15.4 Å². The number of hydrogen-bond acceptors (Lipinski definition) is 3. The molecule has 1 atom stereocenters. The highest BCUT2D eigenvalue weighted by molar-refractivity contribution is 5.94. The molecule has 2 aromatic rings. The topological polar surface area (TPSA) is 50.4 Å². The molecule has 132 valence electrons. The van der Waals surface area contributed by atoms with E-state index in [1.54, 1.807) is 7.11 Å². The third-order valence-electron chi connectivity index (χ3n) is 4.77. The van der Waals surface area contributed by atoms with E-state index in [2.05, 4.69) is 22.8 Å². The van der Waals surface area contributed by atoms with Crippen molar-refractivity contribution >= 4 is 5.91 Å². The van der Waals surface area contributed by atoms with Crippen LogP contribution in [0.3, 0.4) is 0 Å². The summed E-state index contributed by atoms with van der Waals surface area (Å²) in [6.07, 6.45) is 3.23. The van der Waals surface area contributed by atoms with Gasteiger partial charge < -0.3 is 15.4 Å². The highest BCUT2D eigenvalue weighted by Crippen LogP contribution is 2.23.